The molecular formula is C14H8F5O2Y+2. The van der Waals surface area contributed by atoms with Crippen molar-refractivity contribution >= 4 is 0 Å². The third-order valence-electron chi connectivity index (χ3n) is 2.51. The number of ether oxygens (including phenoxy) is 1. The van der Waals surface area contributed by atoms with E-state index in [-0.39, 0.29) is 38.3 Å². The van der Waals surface area contributed by atoms with Crippen LogP contribution in [-0.2, 0) is 38.8 Å². The molecule has 0 fully saturated rings. The molecule has 1 N–H and O–H groups in total. The quantitative estimate of drug-likeness (QED) is 0.631. The number of hydrogen-bond donors (Lipinski definition) is 1. The van der Waals surface area contributed by atoms with Crippen molar-refractivity contribution in [1.82, 2.24) is 0 Å². The van der Waals surface area contributed by atoms with Gasteiger partial charge in [-0.1, -0.05) is 13.0 Å². The van der Waals surface area contributed by atoms with E-state index < -0.39 is 40.6 Å². The molecule has 2 nitrogen and oxygen atoms in total. The van der Waals surface area contributed by atoms with Crippen LogP contribution in [0.4, 0.5) is 22.0 Å². The number of halogens is 5. The van der Waals surface area contributed by atoms with Crippen LogP contribution < -0.4 is 4.74 Å². The Morgan fingerprint density at radius 1 is 1.05 bits per heavy atom. The van der Waals surface area contributed by atoms with Gasteiger partial charge in [0.15, 0.2) is 0 Å². The van der Waals surface area contributed by atoms with Gasteiger partial charge in [-0.15, -0.1) is 12.1 Å². The van der Waals surface area contributed by atoms with E-state index in [1.807, 2.05) is 0 Å². The zero-order valence-corrected chi connectivity index (χ0v) is 14.0. The van der Waals surface area contributed by atoms with Crippen LogP contribution in [0.1, 0.15) is 11.1 Å². The fourth-order valence-electron chi connectivity index (χ4n) is 1.74. The molecule has 0 aliphatic heterocycles. The van der Waals surface area contributed by atoms with Crippen LogP contribution in [0.15, 0.2) is 24.3 Å². The molecular weight excluding hydrogens is 384 g/mol. The Morgan fingerprint density at radius 2 is 1.59 bits per heavy atom. The normalized spacial score (nSPS) is 11.0. The summed E-state index contributed by atoms with van der Waals surface area (Å²) in [5.74, 6) is -5.77. The van der Waals surface area contributed by atoms with Gasteiger partial charge in [-0.25, -0.2) is 13.2 Å². The maximum Gasteiger partial charge on any atom is 3.00 e. The predicted molar refractivity (Wildman–Crippen MR) is 62.5 cm³/mol. The van der Waals surface area contributed by atoms with Crippen molar-refractivity contribution in [2.75, 3.05) is 0 Å². The monoisotopic (exact) mass is 392 g/mol. The molecule has 0 bridgehead atoms. The Bertz CT molecular complexity index is 648. The number of hydrogen-bond acceptors (Lipinski definition) is 2. The molecule has 2 aromatic carbocycles. The van der Waals surface area contributed by atoms with Gasteiger partial charge >= 0.3 is 38.8 Å². The molecule has 0 aromatic heterocycles. The predicted octanol–water partition coefficient (Wildman–Crippen LogP) is 4.04. The molecule has 0 aliphatic carbocycles. The first kappa shape index (κ1) is 18.8. The standard InChI is InChI=1S/C14H8F5O2.Y/c1-7-2-8(15)4-10(3-7)21-14(18,19)13-11(16)5-9(20)6-12(13)17;/h3-6,20H,1H3;/q-1;+3. The van der Waals surface area contributed by atoms with E-state index in [0.717, 1.165) is 6.07 Å². The summed E-state index contributed by atoms with van der Waals surface area (Å²) in [5, 5.41) is 8.93. The number of aromatic hydroxyl groups is 1. The molecule has 0 atom stereocenters. The summed E-state index contributed by atoms with van der Waals surface area (Å²) in [7, 11) is 0. The summed E-state index contributed by atoms with van der Waals surface area (Å²) in [6.45, 7) is 1.38. The number of alkyl halides is 2. The number of rotatable bonds is 3. The van der Waals surface area contributed by atoms with Crippen LogP contribution in [-0.4, -0.2) is 5.11 Å². The largest absolute Gasteiger partial charge is 3.00 e. The zero-order chi connectivity index (χ0) is 15.8. The van der Waals surface area contributed by atoms with E-state index in [0.29, 0.717) is 18.2 Å². The van der Waals surface area contributed by atoms with E-state index in [2.05, 4.69) is 10.8 Å². The molecule has 0 spiro atoms. The van der Waals surface area contributed by atoms with Crippen molar-refractivity contribution in [3.8, 4) is 11.5 Å². The van der Waals surface area contributed by atoms with Crippen LogP contribution in [0.3, 0.4) is 0 Å². The molecule has 112 valence electrons. The van der Waals surface area contributed by atoms with E-state index >= 15 is 0 Å². The summed E-state index contributed by atoms with van der Waals surface area (Å²) in [6.07, 6.45) is -4.39. The summed E-state index contributed by atoms with van der Waals surface area (Å²) >= 11 is 0. The van der Waals surface area contributed by atoms with Crippen LogP contribution in [0.2, 0.25) is 0 Å². The minimum Gasteiger partial charge on any atom is -0.508 e. The second-order valence-electron chi connectivity index (χ2n) is 4.25. The first-order valence-electron chi connectivity index (χ1n) is 5.64. The average Bonchev–Trinajstić information content (AvgIpc) is 2.23. The molecule has 0 heterocycles. The van der Waals surface area contributed by atoms with Crippen molar-refractivity contribution in [3.05, 3.63) is 58.9 Å². The van der Waals surface area contributed by atoms with Crippen LogP contribution >= 0.6 is 0 Å². The van der Waals surface area contributed by atoms with Gasteiger partial charge in [0.25, 0.3) is 0 Å². The smallest absolute Gasteiger partial charge is 0.508 e. The minimum absolute atomic E-state index is 0. The Labute approximate surface area is 147 Å². The number of benzene rings is 2. The van der Waals surface area contributed by atoms with Gasteiger partial charge < -0.3 is 9.84 Å². The van der Waals surface area contributed by atoms with E-state index in [9.17, 15) is 22.0 Å². The average molecular weight is 392 g/mol. The molecule has 0 radical (unpaired) electrons. The van der Waals surface area contributed by atoms with Crippen molar-refractivity contribution in [3.63, 3.8) is 0 Å². The molecule has 0 saturated carbocycles. The second-order valence-corrected chi connectivity index (χ2v) is 4.25. The van der Waals surface area contributed by atoms with Crippen molar-refractivity contribution in [2.45, 2.75) is 13.0 Å². The zero-order valence-electron chi connectivity index (χ0n) is 11.1. The number of aryl methyl sites for hydroxylation is 1. The first-order chi connectivity index (χ1) is 9.69. The Kier molecular flexibility index (Phi) is 5.92. The minimum atomic E-state index is -4.39. The molecule has 0 saturated heterocycles. The summed E-state index contributed by atoms with van der Waals surface area (Å²) in [6, 6.07) is 4.48. The van der Waals surface area contributed by atoms with Gasteiger partial charge in [-0.3, -0.25) is 0 Å². The summed E-state index contributed by atoms with van der Waals surface area (Å²) in [5.41, 5.74) is -1.50. The first-order valence-corrected chi connectivity index (χ1v) is 5.64. The summed E-state index contributed by atoms with van der Waals surface area (Å²) < 4.78 is 71.8. The second kappa shape index (κ2) is 6.92. The van der Waals surface area contributed by atoms with E-state index in [4.69, 9.17) is 5.11 Å². The maximum absolute atomic E-state index is 13.8. The van der Waals surface area contributed by atoms with Gasteiger partial charge in [0.2, 0.25) is 0 Å². The summed E-state index contributed by atoms with van der Waals surface area (Å²) in [4.78, 5) is 0. The van der Waals surface area contributed by atoms with Crippen molar-refractivity contribution < 1.29 is 64.5 Å². The molecule has 2 aromatic rings. The molecule has 22 heavy (non-hydrogen) atoms. The van der Waals surface area contributed by atoms with Gasteiger partial charge in [0, 0.05) is 23.7 Å². The topological polar surface area (TPSA) is 29.5 Å². The van der Waals surface area contributed by atoms with Crippen LogP contribution in [0.25, 0.3) is 0 Å². The molecule has 8 heteroatoms. The maximum atomic E-state index is 13.8. The van der Waals surface area contributed by atoms with Gasteiger partial charge in [0.05, 0.1) is 0 Å². The van der Waals surface area contributed by atoms with Crippen molar-refractivity contribution in [2.24, 2.45) is 0 Å². The number of phenols is 1. The fourth-order valence-corrected chi connectivity index (χ4v) is 1.74. The molecule has 0 aliphatic rings. The van der Waals surface area contributed by atoms with E-state index in [1.165, 1.54) is 6.92 Å². The van der Waals surface area contributed by atoms with Crippen molar-refractivity contribution in [1.29, 1.82) is 0 Å². The molecule has 0 unspecified atom stereocenters. The van der Waals surface area contributed by atoms with Gasteiger partial charge in [-0.2, -0.15) is 14.3 Å². The Hall–Kier alpha value is -1.21. The van der Waals surface area contributed by atoms with Crippen LogP contribution in [0, 0.1) is 30.4 Å². The Balaban J connectivity index is 0.00000242. The SMILES string of the molecule is Cc1[c-]c(F)cc(OC(F)(F)c2c(F)cc(O)cc2F)c1.[Y+3]. The molecule has 2 rings (SSSR count). The third kappa shape index (κ3) is 4.17. The third-order valence-corrected chi connectivity index (χ3v) is 2.51. The van der Waals surface area contributed by atoms with E-state index in [1.54, 1.807) is 0 Å². The van der Waals surface area contributed by atoms with Gasteiger partial charge in [0.1, 0.15) is 22.9 Å². The molecule has 0 amide bonds. The number of phenolic OH excluding ortho intramolecular Hbond substituents is 1. The van der Waals surface area contributed by atoms with Crippen LogP contribution in [0.5, 0.6) is 11.5 Å². The fraction of sp³-hybridized carbons (Fsp3) is 0.143. The Morgan fingerprint density at radius 3 is 2.09 bits per heavy atom. The van der Waals surface area contributed by atoms with Gasteiger partial charge in [-0.05, 0) is 0 Å².